The SMILES string of the molecule is COCCCCn1c(C(=O)N(C(C)C)[C@@H]2CCCNC2)c(Cl)c2cccc(OCCCc3noc(=O)[nH]3)c21.Cl. The number of unbranched alkanes of at least 4 members (excludes halogenated alkanes) is 1. The molecule has 1 aromatic carbocycles. The number of carbonyl (C=O) groups is 1. The number of methoxy groups -OCH3 is 1. The average Bonchev–Trinajstić information content (AvgIpc) is 3.45. The van der Waals surface area contributed by atoms with Gasteiger partial charge in [-0.3, -0.25) is 14.3 Å². The van der Waals surface area contributed by atoms with Crippen molar-refractivity contribution in [3.05, 3.63) is 45.3 Å². The Kier molecular flexibility index (Phi) is 11.7. The zero-order valence-electron chi connectivity index (χ0n) is 22.8. The zero-order valence-corrected chi connectivity index (χ0v) is 24.4. The van der Waals surface area contributed by atoms with Gasteiger partial charge in [-0.15, -0.1) is 12.4 Å². The van der Waals surface area contributed by atoms with Crippen molar-refractivity contribution in [1.82, 2.24) is 24.9 Å². The number of carbonyl (C=O) groups excluding carboxylic acids is 1. The van der Waals surface area contributed by atoms with Crippen LogP contribution < -0.4 is 15.8 Å². The third-order valence-electron chi connectivity index (χ3n) is 6.92. The van der Waals surface area contributed by atoms with Gasteiger partial charge in [-0.2, -0.15) is 0 Å². The van der Waals surface area contributed by atoms with E-state index in [4.69, 9.17) is 21.1 Å². The van der Waals surface area contributed by atoms with Crippen LogP contribution in [0.5, 0.6) is 5.75 Å². The molecule has 0 unspecified atom stereocenters. The molecule has 12 heteroatoms. The van der Waals surface area contributed by atoms with E-state index in [1.54, 1.807) is 7.11 Å². The second-order valence-electron chi connectivity index (χ2n) is 9.97. The van der Waals surface area contributed by atoms with Crippen molar-refractivity contribution in [2.75, 3.05) is 33.4 Å². The summed E-state index contributed by atoms with van der Waals surface area (Å²) in [5, 5.41) is 8.39. The van der Waals surface area contributed by atoms with Gasteiger partial charge in [-0.25, -0.2) is 4.79 Å². The Balaban J connectivity index is 0.00000420. The molecule has 0 aliphatic carbocycles. The molecule has 2 N–H and O–H groups in total. The van der Waals surface area contributed by atoms with Crippen LogP contribution in [0.15, 0.2) is 27.5 Å². The first-order valence-corrected chi connectivity index (χ1v) is 13.8. The van der Waals surface area contributed by atoms with Crippen LogP contribution in [0.1, 0.15) is 62.3 Å². The topological polar surface area (TPSA) is 115 Å². The van der Waals surface area contributed by atoms with E-state index in [2.05, 4.69) is 33.8 Å². The Bertz CT molecular complexity index is 1270. The van der Waals surface area contributed by atoms with Crippen molar-refractivity contribution in [3.63, 3.8) is 0 Å². The first-order valence-electron chi connectivity index (χ1n) is 13.4. The normalized spacial score (nSPS) is 15.5. The molecule has 2 aromatic heterocycles. The number of aromatic amines is 1. The van der Waals surface area contributed by atoms with Crippen molar-refractivity contribution in [2.45, 2.75) is 71.0 Å². The molecule has 0 spiro atoms. The van der Waals surface area contributed by atoms with Crippen LogP contribution in [0.2, 0.25) is 5.02 Å². The molecule has 0 bridgehead atoms. The molecule has 10 nitrogen and oxygen atoms in total. The van der Waals surface area contributed by atoms with E-state index < -0.39 is 5.76 Å². The van der Waals surface area contributed by atoms with Crippen molar-refractivity contribution in [3.8, 4) is 5.75 Å². The molecule has 1 aliphatic rings. The minimum absolute atomic E-state index is 0. The predicted molar refractivity (Wildman–Crippen MR) is 153 cm³/mol. The zero-order chi connectivity index (χ0) is 27.1. The van der Waals surface area contributed by atoms with Crippen LogP contribution in [0.25, 0.3) is 10.9 Å². The van der Waals surface area contributed by atoms with E-state index in [9.17, 15) is 9.59 Å². The average molecular weight is 585 g/mol. The number of para-hydroxylation sites is 1. The van der Waals surface area contributed by atoms with Crippen molar-refractivity contribution in [1.29, 1.82) is 0 Å². The maximum atomic E-state index is 14.2. The molecule has 4 rings (SSSR count). The lowest BCUT2D eigenvalue weighted by Gasteiger charge is -2.38. The van der Waals surface area contributed by atoms with Crippen LogP contribution in [0, 0.1) is 0 Å². The van der Waals surface area contributed by atoms with Gasteiger partial charge < -0.3 is 24.3 Å². The molecule has 0 saturated carbocycles. The molecule has 1 fully saturated rings. The first-order chi connectivity index (χ1) is 18.4. The van der Waals surface area contributed by atoms with Gasteiger partial charge in [-0.1, -0.05) is 28.9 Å². The van der Waals surface area contributed by atoms with Gasteiger partial charge in [0, 0.05) is 50.7 Å². The smallest absolute Gasteiger partial charge is 0.438 e. The fourth-order valence-corrected chi connectivity index (χ4v) is 5.54. The highest BCUT2D eigenvalue weighted by Crippen LogP contribution is 2.38. The highest BCUT2D eigenvalue weighted by Gasteiger charge is 2.33. The van der Waals surface area contributed by atoms with Gasteiger partial charge in [0.25, 0.3) is 5.91 Å². The Morgan fingerprint density at radius 3 is 2.77 bits per heavy atom. The number of rotatable bonds is 13. The monoisotopic (exact) mass is 583 g/mol. The number of amides is 1. The van der Waals surface area contributed by atoms with Crippen LogP contribution >= 0.6 is 24.0 Å². The molecule has 216 valence electrons. The van der Waals surface area contributed by atoms with Gasteiger partial charge in [0.15, 0.2) is 5.82 Å². The predicted octanol–water partition coefficient (Wildman–Crippen LogP) is 4.43. The summed E-state index contributed by atoms with van der Waals surface area (Å²) < 4.78 is 18.0. The Hall–Kier alpha value is -2.53. The second-order valence-corrected chi connectivity index (χ2v) is 10.3. The lowest BCUT2D eigenvalue weighted by atomic mass is 10.0. The molecular weight excluding hydrogens is 545 g/mol. The standard InChI is InChI=1S/C27H38ClN5O5.ClH/c1-18(2)33(19-9-7-13-29-17-19)26(34)25-23(28)20-10-6-11-21(24(20)32(25)14-4-5-15-36-3)37-16-8-12-22-30-27(35)38-31-22;/h6,10-11,18-19,29H,4-5,7-9,12-17H2,1-3H3,(H,30,31,35);1H/t19-;/m1./s1. The lowest BCUT2D eigenvalue weighted by molar-refractivity contribution is 0.0562. The third kappa shape index (κ3) is 7.36. The summed E-state index contributed by atoms with van der Waals surface area (Å²) >= 11 is 6.98. The van der Waals surface area contributed by atoms with Gasteiger partial charge in [0.1, 0.15) is 11.4 Å². The quantitative estimate of drug-likeness (QED) is 0.286. The van der Waals surface area contributed by atoms with E-state index in [1.807, 2.05) is 27.7 Å². The van der Waals surface area contributed by atoms with E-state index in [-0.39, 0.29) is 30.4 Å². The fraction of sp³-hybridized carbons (Fsp3) is 0.593. The van der Waals surface area contributed by atoms with E-state index in [0.717, 1.165) is 49.7 Å². The Morgan fingerprint density at radius 2 is 2.10 bits per heavy atom. The summed E-state index contributed by atoms with van der Waals surface area (Å²) in [6.45, 7) is 7.53. The highest BCUT2D eigenvalue weighted by molar-refractivity contribution is 6.39. The van der Waals surface area contributed by atoms with Gasteiger partial charge >= 0.3 is 5.76 Å². The summed E-state index contributed by atoms with van der Waals surface area (Å²) in [5.74, 6) is 0.533. The van der Waals surface area contributed by atoms with Crippen molar-refractivity contribution >= 4 is 40.8 Å². The van der Waals surface area contributed by atoms with Crippen LogP contribution in [0.4, 0.5) is 0 Å². The summed E-state index contributed by atoms with van der Waals surface area (Å²) in [7, 11) is 1.69. The molecular formula is C27H39Cl2N5O5. The first kappa shape index (κ1) is 31.0. The second kappa shape index (κ2) is 14.7. The molecule has 1 aliphatic heterocycles. The van der Waals surface area contributed by atoms with Crippen LogP contribution in [0.3, 0.4) is 0 Å². The molecule has 1 saturated heterocycles. The largest absolute Gasteiger partial charge is 0.491 e. The number of piperidine rings is 1. The molecule has 1 atom stereocenters. The minimum Gasteiger partial charge on any atom is -0.491 e. The molecule has 3 aromatic rings. The number of fused-ring (bicyclic) bond motifs is 1. The van der Waals surface area contributed by atoms with Gasteiger partial charge in [-0.05, 0) is 58.6 Å². The number of ether oxygens (including phenoxy) is 2. The lowest BCUT2D eigenvalue weighted by Crippen LogP contribution is -2.52. The number of H-pyrrole nitrogens is 1. The van der Waals surface area contributed by atoms with E-state index >= 15 is 0 Å². The number of halogens is 2. The number of aromatic nitrogens is 3. The number of nitrogens with zero attached hydrogens (tertiary/aromatic N) is 3. The summed E-state index contributed by atoms with van der Waals surface area (Å²) in [6.07, 6.45) is 4.84. The third-order valence-corrected chi connectivity index (χ3v) is 7.30. The summed E-state index contributed by atoms with van der Waals surface area (Å²) in [6, 6.07) is 5.89. The highest BCUT2D eigenvalue weighted by atomic mass is 35.5. The van der Waals surface area contributed by atoms with Crippen LogP contribution in [-0.2, 0) is 17.7 Å². The molecule has 1 amide bonds. The maximum Gasteiger partial charge on any atom is 0.438 e. The van der Waals surface area contributed by atoms with E-state index in [0.29, 0.717) is 54.9 Å². The summed E-state index contributed by atoms with van der Waals surface area (Å²) in [5.41, 5.74) is 1.33. The van der Waals surface area contributed by atoms with E-state index in [1.165, 1.54) is 0 Å². The van der Waals surface area contributed by atoms with Crippen molar-refractivity contribution < 1.29 is 18.8 Å². The molecule has 39 heavy (non-hydrogen) atoms. The minimum atomic E-state index is -0.566. The van der Waals surface area contributed by atoms with Gasteiger partial charge in [0.2, 0.25) is 0 Å². The fourth-order valence-electron chi connectivity index (χ4n) is 5.21. The van der Waals surface area contributed by atoms with Crippen molar-refractivity contribution in [2.24, 2.45) is 0 Å². The van der Waals surface area contributed by atoms with Crippen LogP contribution in [-0.4, -0.2) is 71.0 Å². The number of aryl methyl sites for hydroxylation is 2. The summed E-state index contributed by atoms with van der Waals surface area (Å²) in [4.78, 5) is 29.9. The molecule has 3 heterocycles. The number of hydrogen-bond acceptors (Lipinski definition) is 7. The number of benzene rings is 1. The Morgan fingerprint density at radius 1 is 1.28 bits per heavy atom. The number of nitrogens with one attached hydrogen (secondary N) is 2. The van der Waals surface area contributed by atoms with Gasteiger partial charge in [0.05, 0.1) is 17.1 Å². The Labute approximate surface area is 239 Å². The number of hydrogen-bond donors (Lipinski definition) is 2. The molecule has 0 radical (unpaired) electrons. The maximum absolute atomic E-state index is 14.2.